The van der Waals surface area contributed by atoms with Crippen LogP contribution in [0.5, 0.6) is 0 Å². The summed E-state index contributed by atoms with van der Waals surface area (Å²) in [5.74, 6) is 0. The van der Waals surface area contributed by atoms with Crippen molar-refractivity contribution in [2.75, 3.05) is 6.61 Å². The largest absolute Gasteiger partial charge is 0.376 e. The summed E-state index contributed by atoms with van der Waals surface area (Å²) >= 11 is 3.51. The molecule has 4 rings (SSSR count). The van der Waals surface area contributed by atoms with Gasteiger partial charge >= 0.3 is 5.69 Å². The van der Waals surface area contributed by atoms with E-state index >= 15 is 0 Å². The molecule has 1 aliphatic rings. The summed E-state index contributed by atoms with van der Waals surface area (Å²) in [7, 11) is 3.22. The molecule has 0 bridgehead atoms. The first-order chi connectivity index (χ1) is 12.5. The van der Waals surface area contributed by atoms with Crippen molar-refractivity contribution >= 4 is 26.8 Å². The standard InChI is InChI=1S/C19H20BrN3O3/c1-21-15-11-23(10-14-7-4-8-26-14)17(12-5-3-6-13(20)9-12)16(15)18(24)22(2)19(21)25/h3,5-6,9,11,14H,4,7-8,10H2,1-2H3/t14-/m1/s1. The van der Waals surface area contributed by atoms with Crippen molar-refractivity contribution in [3.63, 3.8) is 0 Å². The Labute approximate surface area is 158 Å². The lowest BCUT2D eigenvalue weighted by atomic mass is 10.1. The van der Waals surface area contributed by atoms with E-state index < -0.39 is 0 Å². The molecule has 0 radical (unpaired) electrons. The molecule has 26 heavy (non-hydrogen) atoms. The van der Waals surface area contributed by atoms with Gasteiger partial charge in [-0.05, 0) is 25.0 Å². The number of hydrogen-bond acceptors (Lipinski definition) is 3. The van der Waals surface area contributed by atoms with E-state index in [4.69, 9.17) is 4.74 Å². The fraction of sp³-hybridized carbons (Fsp3) is 0.368. The van der Waals surface area contributed by atoms with Gasteiger partial charge in [0.05, 0.1) is 22.7 Å². The summed E-state index contributed by atoms with van der Waals surface area (Å²) < 4.78 is 11.5. The molecule has 1 fully saturated rings. The van der Waals surface area contributed by atoms with Crippen LogP contribution in [0.15, 0.2) is 44.5 Å². The number of halogens is 1. The second-order valence-corrected chi connectivity index (χ2v) is 7.66. The molecule has 0 spiro atoms. The van der Waals surface area contributed by atoms with Crippen LogP contribution in [0.3, 0.4) is 0 Å². The predicted molar refractivity (Wildman–Crippen MR) is 105 cm³/mol. The monoisotopic (exact) mass is 417 g/mol. The molecule has 136 valence electrons. The zero-order valence-electron chi connectivity index (χ0n) is 14.7. The molecular formula is C19H20BrN3O3. The Balaban J connectivity index is 2.04. The number of aromatic nitrogens is 3. The van der Waals surface area contributed by atoms with Gasteiger partial charge in [0.25, 0.3) is 5.56 Å². The minimum absolute atomic E-state index is 0.128. The molecule has 3 aromatic rings. The van der Waals surface area contributed by atoms with E-state index in [-0.39, 0.29) is 17.4 Å². The third-order valence-electron chi connectivity index (χ3n) is 5.03. The van der Waals surface area contributed by atoms with Gasteiger partial charge in [-0.25, -0.2) is 4.79 Å². The molecule has 2 aromatic heterocycles. The molecule has 0 unspecified atom stereocenters. The van der Waals surface area contributed by atoms with Crippen molar-refractivity contribution < 1.29 is 4.74 Å². The van der Waals surface area contributed by atoms with Crippen LogP contribution in [0.4, 0.5) is 0 Å². The van der Waals surface area contributed by atoms with Gasteiger partial charge in [-0.1, -0.05) is 28.1 Å². The second kappa shape index (κ2) is 6.55. The van der Waals surface area contributed by atoms with E-state index in [2.05, 4.69) is 20.5 Å². The van der Waals surface area contributed by atoms with Crippen LogP contribution in [-0.4, -0.2) is 26.4 Å². The van der Waals surface area contributed by atoms with Gasteiger partial charge in [-0.15, -0.1) is 0 Å². The highest BCUT2D eigenvalue weighted by molar-refractivity contribution is 9.10. The second-order valence-electron chi connectivity index (χ2n) is 6.74. The van der Waals surface area contributed by atoms with Gasteiger partial charge < -0.3 is 9.30 Å². The molecule has 6 nitrogen and oxygen atoms in total. The molecule has 0 saturated carbocycles. The van der Waals surface area contributed by atoms with E-state index in [1.807, 2.05) is 30.5 Å². The third-order valence-corrected chi connectivity index (χ3v) is 5.53. The van der Waals surface area contributed by atoms with Crippen molar-refractivity contribution in [3.8, 4) is 11.3 Å². The highest BCUT2D eigenvalue weighted by atomic mass is 79.9. The van der Waals surface area contributed by atoms with Crippen molar-refractivity contribution in [2.24, 2.45) is 14.1 Å². The summed E-state index contributed by atoms with van der Waals surface area (Å²) in [5.41, 5.74) is 1.81. The number of ether oxygens (including phenoxy) is 1. The third kappa shape index (κ3) is 2.75. The fourth-order valence-electron chi connectivity index (χ4n) is 3.69. The summed E-state index contributed by atoms with van der Waals surface area (Å²) in [6, 6.07) is 7.87. The zero-order chi connectivity index (χ0) is 18.4. The van der Waals surface area contributed by atoms with Gasteiger partial charge in [0.2, 0.25) is 0 Å². The maximum absolute atomic E-state index is 12.9. The van der Waals surface area contributed by atoms with Crippen molar-refractivity contribution in [1.82, 2.24) is 13.7 Å². The van der Waals surface area contributed by atoms with Gasteiger partial charge in [0.1, 0.15) is 0 Å². The molecular weight excluding hydrogens is 398 g/mol. The summed E-state index contributed by atoms with van der Waals surface area (Å²) in [4.78, 5) is 25.3. The SMILES string of the molecule is Cn1c(=O)c2c(-c3cccc(Br)c3)n(C[C@H]3CCCO3)cc2n(C)c1=O. The van der Waals surface area contributed by atoms with Crippen molar-refractivity contribution in [2.45, 2.75) is 25.5 Å². The van der Waals surface area contributed by atoms with Crippen LogP contribution in [0, 0.1) is 0 Å². The Kier molecular flexibility index (Phi) is 4.36. The minimum atomic E-state index is -0.322. The highest BCUT2D eigenvalue weighted by Gasteiger charge is 2.23. The van der Waals surface area contributed by atoms with Crippen molar-refractivity contribution in [1.29, 1.82) is 0 Å². The van der Waals surface area contributed by atoms with Crippen LogP contribution in [0.2, 0.25) is 0 Å². The first-order valence-corrected chi connectivity index (χ1v) is 9.43. The van der Waals surface area contributed by atoms with Gasteiger partial charge in [-0.3, -0.25) is 13.9 Å². The lowest BCUT2D eigenvalue weighted by molar-refractivity contribution is 0.0975. The molecule has 0 N–H and O–H groups in total. The molecule has 3 heterocycles. The molecule has 1 saturated heterocycles. The average Bonchev–Trinajstić information content (AvgIpc) is 3.26. The lowest BCUT2D eigenvalue weighted by Gasteiger charge is -2.14. The predicted octanol–water partition coefficient (Wildman–Crippen LogP) is 2.65. The van der Waals surface area contributed by atoms with Crippen LogP contribution in [0.1, 0.15) is 12.8 Å². The quantitative estimate of drug-likeness (QED) is 0.657. The van der Waals surface area contributed by atoms with E-state index in [0.29, 0.717) is 17.4 Å². The zero-order valence-corrected chi connectivity index (χ0v) is 16.3. The Morgan fingerprint density at radius 2 is 2.04 bits per heavy atom. The van der Waals surface area contributed by atoms with Crippen LogP contribution in [0.25, 0.3) is 22.2 Å². The smallest absolute Gasteiger partial charge is 0.330 e. The van der Waals surface area contributed by atoms with E-state index in [1.54, 1.807) is 7.05 Å². The summed E-state index contributed by atoms with van der Waals surface area (Å²) in [5, 5.41) is 0.561. The number of aryl methyl sites for hydroxylation is 1. The van der Waals surface area contributed by atoms with Crippen molar-refractivity contribution in [3.05, 3.63) is 55.8 Å². The molecule has 7 heteroatoms. The van der Waals surface area contributed by atoms with Crippen LogP contribution >= 0.6 is 15.9 Å². The number of rotatable bonds is 3. The average molecular weight is 418 g/mol. The van der Waals surface area contributed by atoms with Gasteiger partial charge in [-0.2, -0.15) is 0 Å². The number of benzene rings is 1. The summed E-state index contributed by atoms with van der Waals surface area (Å²) in [6.07, 6.45) is 4.08. The van der Waals surface area contributed by atoms with Gasteiger partial charge in [0.15, 0.2) is 0 Å². The Bertz CT molecular complexity index is 1100. The molecule has 1 aliphatic heterocycles. The molecule has 0 amide bonds. The Morgan fingerprint density at radius 3 is 2.73 bits per heavy atom. The maximum Gasteiger partial charge on any atom is 0.330 e. The Morgan fingerprint density at radius 1 is 1.23 bits per heavy atom. The first kappa shape index (κ1) is 17.3. The topological polar surface area (TPSA) is 58.2 Å². The summed E-state index contributed by atoms with van der Waals surface area (Å²) in [6.45, 7) is 1.44. The Hall–Kier alpha value is -2.12. The van der Waals surface area contributed by atoms with Crippen LogP contribution < -0.4 is 11.2 Å². The molecule has 0 aliphatic carbocycles. The van der Waals surface area contributed by atoms with E-state index in [9.17, 15) is 9.59 Å². The highest BCUT2D eigenvalue weighted by Crippen LogP contribution is 2.31. The number of fused-ring (bicyclic) bond motifs is 1. The van der Waals surface area contributed by atoms with Crippen LogP contribution in [-0.2, 0) is 25.4 Å². The molecule has 1 atom stereocenters. The van der Waals surface area contributed by atoms with Gasteiger partial charge in [0, 0.05) is 43.5 Å². The minimum Gasteiger partial charge on any atom is -0.376 e. The number of hydrogen-bond donors (Lipinski definition) is 0. The van der Waals surface area contributed by atoms with E-state index in [0.717, 1.165) is 35.2 Å². The first-order valence-electron chi connectivity index (χ1n) is 8.64. The lowest BCUT2D eigenvalue weighted by Crippen LogP contribution is -2.36. The number of nitrogens with zero attached hydrogens (tertiary/aromatic N) is 3. The molecule has 1 aromatic carbocycles. The van der Waals surface area contributed by atoms with E-state index in [1.165, 1.54) is 16.2 Å². The maximum atomic E-state index is 12.9. The fourth-order valence-corrected chi connectivity index (χ4v) is 4.09. The normalized spacial score (nSPS) is 17.3.